The number of halogens is 1. The van der Waals surface area contributed by atoms with Crippen LogP contribution in [-0.2, 0) is 14.4 Å². The lowest BCUT2D eigenvalue weighted by atomic mass is 9.76. The van der Waals surface area contributed by atoms with Gasteiger partial charge in [0.25, 0.3) is 5.91 Å². The van der Waals surface area contributed by atoms with Gasteiger partial charge in [-0.1, -0.05) is 66.2 Å². The molecule has 2 aliphatic rings. The summed E-state index contributed by atoms with van der Waals surface area (Å²) in [4.78, 5) is 34.5. The van der Waals surface area contributed by atoms with Gasteiger partial charge in [-0.2, -0.15) is 0 Å². The van der Waals surface area contributed by atoms with E-state index in [4.69, 9.17) is 16.4 Å². The Morgan fingerprint density at radius 1 is 0.867 bits per heavy atom. The maximum absolute atomic E-state index is 13.7. The molecule has 0 unspecified atom stereocenters. The highest BCUT2D eigenvalue weighted by Gasteiger charge is 2.68. The van der Waals surface area contributed by atoms with Gasteiger partial charge in [-0.25, -0.2) is 9.96 Å². The molecule has 3 aromatic carbocycles. The van der Waals surface area contributed by atoms with E-state index in [1.807, 2.05) is 67.6 Å². The second kappa shape index (κ2) is 6.97. The standard InChI is InChI=1S/C24H19ClN2O3/c1-24-20(16-9-4-2-5-10-16)27(18-12-6-3-7-13-18)30-21(24)22(28)26(23(24)29)19-14-8-11-17(25)15-19/h2-15,20-21H,1H3/t20-,21+,24+/m1/s1. The van der Waals surface area contributed by atoms with E-state index < -0.39 is 17.6 Å². The van der Waals surface area contributed by atoms with Gasteiger partial charge in [0.2, 0.25) is 5.91 Å². The molecular formula is C24H19ClN2O3. The summed E-state index contributed by atoms with van der Waals surface area (Å²) in [5, 5.41) is 2.16. The van der Waals surface area contributed by atoms with Gasteiger partial charge in [-0.3, -0.25) is 14.4 Å². The number of rotatable bonds is 3. The summed E-state index contributed by atoms with van der Waals surface area (Å²) in [6.07, 6.45) is -0.936. The third-order valence-corrected chi connectivity index (χ3v) is 6.10. The lowest BCUT2D eigenvalue weighted by Crippen LogP contribution is -2.41. The number of hydroxylamine groups is 1. The Kier molecular flexibility index (Phi) is 4.38. The van der Waals surface area contributed by atoms with Crippen molar-refractivity contribution in [1.82, 2.24) is 0 Å². The molecule has 0 bridgehead atoms. The molecule has 2 saturated heterocycles. The Bertz CT molecular complexity index is 1120. The molecule has 6 heteroatoms. The van der Waals surface area contributed by atoms with Crippen LogP contribution in [0.4, 0.5) is 11.4 Å². The number of benzene rings is 3. The Labute approximate surface area is 179 Å². The number of carbonyl (C=O) groups excluding carboxylic acids is 2. The molecule has 30 heavy (non-hydrogen) atoms. The van der Waals surface area contributed by atoms with Crippen molar-refractivity contribution in [3.63, 3.8) is 0 Å². The number of para-hydroxylation sites is 1. The van der Waals surface area contributed by atoms with Crippen molar-refractivity contribution in [2.24, 2.45) is 5.41 Å². The van der Waals surface area contributed by atoms with Crippen LogP contribution in [0.3, 0.4) is 0 Å². The fourth-order valence-electron chi connectivity index (χ4n) is 4.42. The van der Waals surface area contributed by atoms with Crippen molar-refractivity contribution in [2.45, 2.75) is 19.1 Å². The average molecular weight is 419 g/mol. The molecule has 2 amide bonds. The van der Waals surface area contributed by atoms with Gasteiger partial charge in [0.15, 0.2) is 6.10 Å². The number of imide groups is 1. The maximum Gasteiger partial charge on any atom is 0.266 e. The molecule has 2 heterocycles. The minimum absolute atomic E-state index is 0.299. The van der Waals surface area contributed by atoms with E-state index in [1.165, 1.54) is 4.90 Å². The molecule has 5 rings (SSSR count). The Morgan fingerprint density at radius 3 is 2.17 bits per heavy atom. The lowest BCUT2D eigenvalue weighted by Gasteiger charge is -2.32. The number of hydrogen-bond acceptors (Lipinski definition) is 4. The normalized spacial score (nSPS) is 25.7. The summed E-state index contributed by atoms with van der Waals surface area (Å²) in [6, 6.07) is 25.5. The molecule has 5 nitrogen and oxygen atoms in total. The fraction of sp³-hybridized carbons (Fsp3) is 0.167. The highest BCUT2D eigenvalue weighted by atomic mass is 35.5. The zero-order valence-corrected chi connectivity index (χ0v) is 17.0. The van der Waals surface area contributed by atoms with Crippen LogP contribution in [0.15, 0.2) is 84.9 Å². The van der Waals surface area contributed by atoms with Crippen molar-refractivity contribution in [1.29, 1.82) is 0 Å². The summed E-state index contributed by atoms with van der Waals surface area (Å²) < 4.78 is 0. The number of nitrogens with zero attached hydrogens (tertiary/aromatic N) is 2. The van der Waals surface area contributed by atoms with Crippen molar-refractivity contribution in [3.8, 4) is 0 Å². The molecule has 3 atom stereocenters. The van der Waals surface area contributed by atoms with Gasteiger partial charge >= 0.3 is 0 Å². The fourth-order valence-corrected chi connectivity index (χ4v) is 4.61. The average Bonchev–Trinajstić information content (AvgIpc) is 3.18. The van der Waals surface area contributed by atoms with Crippen LogP contribution in [0.25, 0.3) is 0 Å². The summed E-state index contributed by atoms with van der Waals surface area (Å²) in [7, 11) is 0. The lowest BCUT2D eigenvalue weighted by molar-refractivity contribution is -0.128. The first-order valence-electron chi connectivity index (χ1n) is 9.72. The predicted molar refractivity (Wildman–Crippen MR) is 115 cm³/mol. The van der Waals surface area contributed by atoms with E-state index in [-0.39, 0.29) is 11.8 Å². The van der Waals surface area contributed by atoms with Gasteiger partial charge < -0.3 is 0 Å². The van der Waals surface area contributed by atoms with Gasteiger partial charge in [-0.15, -0.1) is 0 Å². The van der Waals surface area contributed by atoms with Crippen LogP contribution in [0.2, 0.25) is 5.02 Å². The molecule has 0 radical (unpaired) electrons. The van der Waals surface area contributed by atoms with E-state index in [2.05, 4.69) is 0 Å². The predicted octanol–water partition coefficient (Wildman–Crippen LogP) is 4.78. The molecule has 2 fully saturated rings. The highest BCUT2D eigenvalue weighted by Crippen LogP contribution is 2.55. The first-order chi connectivity index (χ1) is 14.5. The number of carbonyl (C=O) groups is 2. The summed E-state index contributed by atoms with van der Waals surface area (Å²) in [6.45, 7) is 1.81. The van der Waals surface area contributed by atoms with Gasteiger partial charge in [0.05, 0.1) is 17.4 Å². The SMILES string of the molecule is C[C@@]12C(=O)N(c3cccc(Cl)c3)C(=O)[C@@H]1ON(c1ccccc1)[C@@H]2c1ccccc1. The Hall–Kier alpha value is -3.15. The van der Waals surface area contributed by atoms with Crippen molar-refractivity contribution in [3.05, 3.63) is 95.5 Å². The van der Waals surface area contributed by atoms with Gasteiger partial charge in [-0.05, 0) is 42.8 Å². The third kappa shape index (κ3) is 2.66. The van der Waals surface area contributed by atoms with Crippen LogP contribution >= 0.6 is 11.6 Å². The number of anilines is 2. The van der Waals surface area contributed by atoms with Gasteiger partial charge in [0.1, 0.15) is 5.41 Å². The Morgan fingerprint density at radius 2 is 1.50 bits per heavy atom. The van der Waals surface area contributed by atoms with E-state index >= 15 is 0 Å². The van der Waals surface area contributed by atoms with Crippen LogP contribution in [-0.4, -0.2) is 17.9 Å². The van der Waals surface area contributed by atoms with E-state index in [1.54, 1.807) is 29.3 Å². The number of fused-ring (bicyclic) bond motifs is 1. The largest absolute Gasteiger partial charge is 0.273 e. The van der Waals surface area contributed by atoms with Crippen LogP contribution in [0, 0.1) is 5.41 Å². The summed E-state index contributed by atoms with van der Waals surface area (Å²) >= 11 is 6.11. The van der Waals surface area contributed by atoms with Crippen molar-refractivity contribution >= 4 is 34.8 Å². The molecule has 150 valence electrons. The zero-order valence-electron chi connectivity index (χ0n) is 16.2. The van der Waals surface area contributed by atoms with Crippen molar-refractivity contribution < 1.29 is 14.4 Å². The van der Waals surface area contributed by atoms with Gasteiger partial charge in [0, 0.05) is 5.02 Å². The topological polar surface area (TPSA) is 49.9 Å². The summed E-state index contributed by atoms with van der Waals surface area (Å²) in [5.74, 6) is -0.684. The van der Waals surface area contributed by atoms with Crippen LogP contribution < -0.4 is 9.96 Å². The quantitative estimate of drug-likeness (QED) is 0.574. The minimum Gasteiger partial charge on any atom is -0.273 e. The smallest absolute Gasteiger partial charge is 0.266 e. The van der Waals surface area contributed by atoms with Crippen LogP contribution in [0.1, 0.15) is 18.5 Å². The molecule has 2 aliphatic heterocycles. The minimum atomic E-state index is -1.10. The highest BCUT2D eigenvalue weighted by molar-refractivity contribution is 6.31. The van der Waals surface area contributed by atoms with E-state index in [9.17, 15) is 9.59 Å². The monoisotopic (exact) mass is 418 g/mol. The molecule has 0 N–H and O–H groups in total. The third-order valence-electron chi connectivity index (χ3n) is 5.87. The number of amides is 2. The van der Waals surface area contributed by atoms with Crippen LogP contribution in [0.5, 0.6) is 0 Å². The molecule has 0 spiro atoms. The maximum atomic E-state index is 13.7. The zero-order chi connectivity index (χ0) is 20.9. The van der Waals surface area contributed by atoms with Crippen molar-refractivity contribution in [2.75, 3.05) is 9.96 Å². The molecule has 3 aromatic rings. The first kappa shape index (κ1) is 18.9. The molecule has 0 aliphatic carbocycles. The second-order valence-electron chi connectivity index (χ2n) is 7.70. The first-order valence-corrected chi connectivity index (χ1v) is 10.1. The molecular weight excluding hydrogens is 400 g/mol. The second-order valence-corrected chi connectivity index (χ2v) is 8.14. The number of hydrogen-bond donors (Lipinski definition) is 0. The summed E-state index contributed by atoms with van der Waals surface area (Å²) in [5.41, 5.74) is 1.04. The molecule has 0 saturated carbocycles. The van der Waals surface area contributed by atoms with E-state index in [0.29, 0.717) is 10.7 Å². The van der Waals surface area contributed by atoms with E-state index in [0.717, 1.165) is 11.3 Å². The molecule has 0 aromatic heterocycles. The Balaban J connectivity index is 1.64.